The Kier molecular flexibility index (Phi) is 8.34. The summed E-state index contributed by atoms with van der Waals surface area (Å²) in [6.07, 6.45) is 1.19. The molecule has 0 fully saturated rings. The number of ether oxygens (including phenoxy) is 1. The van der Waals surface area contributed by atoms with Crippen LogP contribution < -0.4 is 10.1 Å². The third-order valence-corrected chi connectivity index (χ3v) is 4.49. The Balaban J connectivity index is 1.91. The van der Waals surface area contributed by atoms with E-state index in [1.165, 1.54) is 0 Å². The first kappa shape index (κ1) is 21.0. The van der Waals surface area contributed by atoms with Crippen molar-refractivity contribution in [1.29, 1.82) is 0 Å². The number of carbonyl (C=O) groups is 1. The SMILES string of the molecule is CC(C)CCOc1ccc(C(=O)NC[C@H](C[C@H](C)O)c2ccccc2)cc1. The molecule has 4 heteroatoms. The highest BCUT2D eigenvalue weighted by Gasteiger charge is 2.16. The Morgan fingerprint density at radius 1 is 1.04 bits per heavy atom. The molecule has 0 spiro atoms. The molecule has 0 unspecified atom stereocenters. The van der Waals surface area contributed by atoms with Gasteiger partial charge in [0.05, 0.1) is 12.7 Å². The van der Waals surface area contributed by atoms with Crippen LogP contribution >= 0.6 is 0 Å². The number of hydrogen-bond acceptors (Lipinski definition) is 3. The lowest BCUT2D eigenvalue weighted by atomic mass is 9.93. The summed E-state index contributed by atoms with van der Waals surface area (Å²) in [5.41, 5.74) is 1.72. The van der Waals surface area contributed by atoms with Gasteiger partial charge in [-0.1, -0.05) is 44.2 Å². The predicted molar refractivity (Wildman–Crippen MR) is 109 cm³/mol. The third kappa shape index (κ3) is 7.43. The van der Waals surface area contributed by atoms with Gasteiger partial charge in [-0.25, -0.2) is 0 Å². The molecule has 2 rings (SSSR count). The van der Waals surface area contributed by atoms with Crippen molar-refractivity contribution in [1.82, 2.24) is 5.32 Å². The molecule has 1 amide bonds. The summed E-state index contributed by atoms with van der Waals surface area (Å²) in [6, 6.07) is 17.2. The molecule has 146 valence electrons. The highest BCUT2D eigenvalue weighted by atomic mass is 16.5. The van der Waals surface area contributed by atoms with E-state index in [0.717, 1.165) is 17.7 Å². The first-order valence-electron chi connectivity index (χ1n) is 9.69. The van der Waals surface area contributed by atoms with Crippen molar-refractivity contribution in [3.8, 4) is 5.75 Å². The van der Waals surface area contributed by atoms with E-state index in [2.05, 4.69) is 19.2 Å². The van der Waals surface area contributed by atoms with E-state index in [9.17, 15) is 9.90 Å². The van der Waals surface area contributed by atoms with Crippen LogP contribution in [0.2, 0.25) is 0 Å². The zero-order valence-electron chi connectivity index (χ0n) is 16.5. The predicted octanol–water partition coefficient (Wildman–Crippen LogP) is 4.40. The van der Waals surface area contributed by atoms with Crippen LogP contribution in [-0.4, -0.2) is 30.3 Å². The molecule has 4 nitrogen and oxygen atoms in total. The quantitative estimate of drug-likeness (QED) is 0.653. The number of carbonyl (C=O) groups excluding carboxylic acids is 1. The molecule has 0 aromatic heterocycles. The minimum Gasteiger partial charge on any atom is -0.494 e. The fourth-order valence-electron chi connectivity index (χ4n) is 2.91. The zero-order valence-corrected chi connectivity index (χ0v) is 16.5. The van der Waals surface area contributed by atoms with Gasteiger partial charge < -0.3 is 15.2 Å². The number of rotatable bonds is 10. The lowest BCUT2D eigenvalue weighted by Gasteiger charge is -2.19. The summed E-state index contributed by atoms with van der Waals surface area (Å²) in [7, 11) is 0. The van der Waals surface area contributed by atoms with E-state index in [1.807, 2.05) is 42.5 Å². The molecular weight excluding hydrogens is 338 g/mol. The van der Waals surface area contributed by atoms with Crippen molar-refractivity contribution in [2.45, 2.75) is 45.6 Å². The molecule has 0 saturated carbocycles. The van der Waals surface area contributed by atoms with Gasteiger partial charge in [0.1, 0.15) is 5.75 Å². The third-order valence-electron chi connectivity index (χ3n) is 4.49. The number of hydrogen-bond donors (Lipinski definition) is 2. The largest absolute Gasteiger partial charge is 0.494 e. The maximum absolute atomic E-state index is 12.5. The number of benzene rings is 2. The van der Waals surface area contributed by atoms with Crippen LogP contribution in [0.1, 0.15) is 55.5 Å². The molecule has 0 radical (unpaired) electrons. The monoisotopic (exact) mass is 369 g/mol. The van der Waals surface area contributed by atoms with Crippen molar-refractivity contribution >= 4 is 5.91 Å². The number of amides is 1. The van der Waals surface area contributed by atoms with Gasteiger partial charge in [-0.15, -0.1) is 0 Å². The van der Waals surface area contributed by atoms with Gasteiger partial charge in [0.15, 0.2) is 0 Å². The van der Waals surface area contributed by atoms with E-state index in [4.69, 9.17) is 4.74 Å². The Labute approximate surface area is 162 Å². The lowest BCUT2D eigenvalue weighted by Crippen LogP contribution is -2.29. The molecule has 2 aromatic carbocycles. The summed E-state index contributed by atoms with van der Waals surface area (Å²) in [5.74, 6) is 1.35. The maximum Gasteiger partial charge on any atom is 0.251 e. The zero-order chi connectivity index (χ0) is 19.6. The van der Waals surface area contributed by atoms with Gasteiger partial charge in [-0.05, 0) is 55.5 Å². The summed E-state index contributed by atoms with van der Waals surface area (Å²) in [4.78, 5) is 12.5. The molecule has 0 heterocycles. The second-order valence-corrected chi connectivity index (χ2v) is 7.46. The molecule has 2 atom stereocenters. The molecule has 0 bridgehead atoms. The topological polar surface area (TPSA) is 58.6 Å². The smallest absolute Gasteiger partial charge is 0.251 e. The normalized spacial score (nSPS) is 13.2. The minimum absolute atomic E-state index is 0.0776. The van der Waals surface area contributed by atoms with Crippen LogP contribution in [0.25, 0.3) is 0 Å². The van der Waals surface area contributed by atoms with Crippen molar-refractivity contribution in [3.63, 3.8) is 0 Å². The second kappa shape index (κ2) is 10.7. The van der Waals surface area contributed by atoms with Crippen LogP contribution in [0.4, 0.5) is 0 Å². The van der Waals surface area contributed by atoms with Gasteiger partial charge in [0, 0.05) is 18.0 Å². The average Bonchev–Trinajstić information content (AvgIpc) is 2.65. The van der Waals surface area contributed by atoms with E-state index in [0.29, 0.717) is 31.1 Å². The first-order valence-corrected chi connectivity index (χ1v) is 9.69. The number of aliphatic hydroxyl groups excluding tert-OH is 1. The van der Waals surface area contributed by atoms with Crippen molar-refractivity contribution < 1.29 is 14.6 Å². The van der Waals surface area contributed by atoms with E-state index in [-0.39, 0.29) is 11.8 Å². The summed E-state index contributed by atoms with van der Waals surface area (Å²) in [5, 5.41) is 12.8. The van der Waals surface area contributed by atoms with Gasteiger partial charge in [-0.2, -0.15) is 0 Å². The summed E-state index contributed by atoms with van der Waals surface area (Å²) in [6.45, 7) is 7.27. The molecule has 27 heavy (non-hydrogen) atoms. The molecule has 2 N–H and O–H groups in total. The van der Waals surface area contributed by atoms with Crippen LogP contribution in [0.3, 0.4) is 0 Å². The standard InChI is InChI=1S/C23H31NO3/c1-17(2)13-14-27-22-11-9-20(10-12-22)23(26)24-16-21(15-18(3)25)19-7-5-4-6-8-19/h4-12,17-18,21,25H,13-16H2,1-3H3,(H,24,26)/t18-,21-/m0/s1. The molecule has 0 saturated heterocycles. The second-order valence-electron chi connectivity index (χ2n) is 7.46. The number of aliphatic hydroxyl groups is 1. The molecule has 0 aliphatic rings. The van der Waals surface area contributed by atoms with Gasteiger partial charge in [0.2, 0.25) is 0 Å². The molecule has 2 aromatic rings. The average molecular weight is 370 g/mol. The van der Waals surface area contributed by atoms with Crippen molar-refractivity contribution in [3.05, 3.63) is 65.7 Å². The Morgan fingerprint density at radius 2 is 1.70 bits per heavy atom. The highest BCUT2D eigenvalue weighted by molar-refractivity contribution is 5.94. The van der Waals surface area contributed by atoms with Gasteiger partial charge in [0.25, 0.3) is 5.91 Å². The summed E-state index contributed by atoms with van der Waals surface area (Å²) >= 11 is 0. The van der Waals surface area contributed by atoms with Crippen LogP contribution in [0.15, 0.2) is 54.6 Å². The Bertz CT molecular complexity index is 681. The fraction of sp³-hybridized carbons (Fsp3) is 0.435. The van der Waals surface area contributed by atoms with Crippen LogP contribution in [0, 0.1) is 5.92 Å². The van der Waals surface area contributed by atoms with Crippen LogP contribution in [-0.2, 0) is 0 Å². The van der Waals surface area contributed by atoms with Crippen molar-refractivity contribution in [2.24, 2.45) is 5.92 Å². The van der Waals surface area contributed by atoms with E-state index in [1.54, 1.807) is 19.1 Å². The fourth-order valence-corrected chi connectivity index (χ4v) is 2.91. The van der Waals surface area contributed by atoms with E-state index >= 15 is 0 Å². The number of nitrogens with one attached hydrogen (secondary N) is 1. The summed E-state index contributed by atoms with van der Waals surface area (Å²) < 4.78 is 5.69. The maximum atomic E-state index is 12.5. The van der Waals surface area contributed by atoms with Gasteiger partial charge >= 0.3 is 0 Å². The molecule has 0 aliphatic heterocycles. The Morgan fingerprint density at radius 3 is 2.30 bits per heavy atom. The van der Waals surface area contributed by atoms with Gasteiger partial charge in [-0.3, -0.25) is 4.79 Å². The minimum atomic E-state index is -0.422. The molecular formula is C23H31NO3. The highest BCUT2D eigenvalue weighted by Crippen LogP contribution is 2.21. The Hall–Kier alpha value is -2.33. The first-order chi connectivity index (χ1) is 13.0. The van der Waals surface area contributed by atoms with Crippen molar-refractivity contribution in [2.75, 3.05) is 13.2 Å². The van der Waals surface area contributed by atoms with Crippen LogP contribution in [0.5, 0.6) is 5.75 Å². The lowest BCUT2D eigenvalue weighted by molar-refractivity contribution is 0.0945. The van der Waals surface area contributed by atoms with E-state index < -0.39 is 6.10 Å². The molecule has 0 aliphatic carbocycles.